The van der Waals surface area contributed by atoms with E-state index in [0.29, 0.717) is 17.0 Å². The van der Waals surface area contributed by atoms with Gasteiger partial charge in [0.25, 0.3) is 0 Å². The lowest BCUT2D eigenvalue weighted by Crippen LogP contribution is -2.14. The lowest BCUT2D eigenvalue weighted by Gasteiger charge is -2.09. The molecular weight excluding hydrogens is 344 g/mol. The number of hydrogen-bond donors (Lipinski definition) is 0. The van der Waals surface area contributed by atoms with Crippen molar-refractivity contribution in [1.82, 2.24) is 0 Å². The number of unbranched alkanes of at least 4 members (excludes halogenated alkanes) is 2. The van der Waals surface area contributed by atoms with Crippen LogP contribution in [0.5, 0.6) is 0 Å². The summed E-state index contributed by atoms with van der Waals surface area (Å²) in [6, 6.07) is 14.3. The first-order chi connectivity index (χ1) is 11.5. The van der Waals surface area contributed by atoms with E-state index < -0.39 is 15.6 Å². The monoisotopic (exact) mass is 362 g/mol. The number of rotatable bonds is 7. The van der Waals surface area contributed by atoms with Gasteiger partial charge in [-0.15, -0.1) is 0 Å². The largest absolute Gasteiger partial charge is 0.288 e. The van der Waals surface area contributed by atoms with Crippen LogP contribution in [0.1, 0.15) is 36.5 Å². The van der Waals surface area contributed by atoms with Gasteiger partial charge in [0, 0.05) is 10.6 Å². The maximum atomic E-state index is 12.9. The molecule has 24 heavy (non-hydrogen) atoms. The maximum absolute atomic E-state index is 12.9. The Morgan fingerprint density at radius 1 is 1.04 bits per heavy atom. The van der Waals surface area contributed by atoms with Gasteiger partial charge in [0.15, 0.2) is 0 Å². The first kappa shape index (κ1) is 18.4. The van der Waals surface area contributed by atoms with E-state index in [0.717, 1.165) is 12.8 Å². The third-order valence-corrected chi connectivity index (χ3v) is 5.64. The van der Waals surface area contributed by atoms with Crippen LogP contribution in [-0.4, -0.2) is 14.2 Å². The normalized spacial score (nSPS) is 12.2. The molecule has 0 heterocycles. The van der Waals surface area contributed by atoms with Gasteiger partial charge >= 0.3 is 0 Å². The van der Waals surface area contributed by atoms with Crippen molar-refractivity contribution in [2.45, 2.75) is 31.1 Å². The minimum absolute atomic E-state index is 0.120. The van der Waals surface area contributed by atoms with Crippen LogP contribution in [-0.2, 0) is 9.84 Å². The van der Waals surface area contributed by atoms with Crippen molar-refractivity contribution in [3.8, 4) is 0 Å². The summed E-state index contributed by atoms with van der Waals surface area (Å²) < 4.78 is 25.8. The SMILES string of the molecule is CCCC/C=C(/C(=O)c1ccc(Cl)cc1)S(=O)(=O)c1ccccc1. The fraction of sp³-hybridized carbons (Fsp3) is 0.211. The van der Waals surface area contributed by atoms with Crippen molar-refractivity contribution in [3.05, 3.63) is 76.2 Å². The summed E-state index contributed by atoms with van der Waals surface area (Å²) in [6.45, 7) is 2.01. The molecule has 0 bridgehead atoms. The standard InChI is InChI=1S/C19H19ClO3S/c1-2-3-5-10-18(19(21)15-11-13-16(20)14-12-15)24(22,23)17-8-6-4-7-9-17/h4,6-14H,2-3,5H2,1H3/b18-10-. The molecule has 0 saturated carbocycles. The highest BCUT2D eigenvalue weighted by Gasteiger charge is 2.27. The van der Waals surface area contributed by atoms with Crippen molar-refractivity contribution < 1.29 is 13.2 Å². The van der Waals surface area contributed by atoms with E-state index in [1.165, 1.54) is 18.2 Å². The molecule has 3 nitrogen and oxygen atoms in total. The molecule has 0 saturated heterocycles. The third kappa shape index (κ3) is 4.34. The number of Topliss-reactive ketones (excluding diaryl/α,β-unsaturated/α-hetero) is 1. The number of ketones is 1. The zero-order chi connectivity index (χ0) is 17.6. The van der Waals surface area contributed by atoms with Crippen molar-refractivity contribution >= 4 is 27.2 Å². The molecule has 0 N–H and O–H groups in total. The summed E-state index contributed by atoms with van der Waals surface area (Å²) in [6.07, 6.45) is 3.81. The fourth-order valence-electron chi connectivity index (χ4n) is 2.23. The summed E-state index contributed by atoms with van der Waals surface area (Å²) >= 11 is 5.84. The molecule has 0 radical (unpaired) electrons. The number of benzene rings is 2. The number of carbonyl (C=O) groups excluding carboxylic acids is 1. The Labute approximate surface area is 147 Å². The van der Waals surface area contributed by atoms with E-state index in [1.807, 2.05) is 6.92 Å². The average molecular weight is 363 g/mol. The molecule has 5 heteroatoms. The van der Waals surface area contributed by atoms with Crippen LogP contribution in [0.3, 0.4) is 0 Å². The smallest absolute Gasteiger partial charge is 0.210 e. The van der Waals surface area contributed by atoms with Gasteiger partial charge in [-0.05, 0) is 42.8 Å². The summed E-state index contributed by atoms with van der Waals surface area (Å²) in [5.74, 6) is -0.508. The molecule has 2 aromatic carbocycles. The Balaban J connectivity index is 2.47. The quantitative estimate of drug-likeness (QED) is 0.392. The highest BCUT2D eigenvalue weighted by molar-refractivity contribution is 7.96. The second-order valence-electron chi connectivity index (χ2n) is 5.36. The summed E-state index contributed by atoms with van der Waals surface area (Å²) in [7, 11) is -3.86. The van der Waals surface area contributed by atoms with Gasteiger partial charge in [0.05, 0.1) is 4.90 Å². The number of carbonyl (C=O) groups is 1. The van der Waals surface area contributed by atoms with E-state index in [9.17, 15) is 13.2 Å². The minimum Gasteiger partial charge on any atom is -0.288 e. The van der Waals surface area contributed by atoms with Gasteiger partial charge in [0.2, 0.25) is 15.6 Å². The molecule has 126 valence electrons. The first-order valence-corrected chi connectivity index (χ1v) is 9.63. The lowest BCUT2D eigenvalue weighted by atomic mass is 10.1. The molecule has 0 aromatic heterocycles. The van der Waals surface area contributed by atoms with Gasteiger partial charge < -0.3 is 0 Å². The number of halogens is 1. The van der Waals surface area contributed by atoms with Gasteiger partial charge in [-0.3, -0.25) is 4.79 Å². The zero-order valence-electron chi connectivity index (χ0n) is 13.4. The van der Waals surface area contributed by atoms with Gasteiger partial charge in [-0.25, -0.2) is 8.42 Å². The summed E-state index contributed by atoms with van der Waals surface area (Å²) in [5, 5.41) is 0.494. The lowest BCUT2D eigenvalue weighted by molar-refractivity contribution is 0.104. The topological polar surface area (TPSA) is 51.2 Å². The van der Waals surface area contributed by atoms with E-state index in [1.54, 1.807) is 42.5 Å². The van der Waals surface area contributed by atoms with E-state index in [4.69, 9.17) is 11.6 Å². The molecular formula is C19H19ClO3S. The number of allylic oxidation sites excluding steroid dienone is 2. The van der Waals surface area contributed by atoms with Crippen LogP contribution < -0.4 is 0 Å². The second-order valence-corrected chi connectivity index (χ2v) is 7.72. The van der Waals surface area contributed by atoms with Crippen LogP contribution in [0, 0.1) is 0 Å². The van der Waals surface area contributed by atoms with E-state index in [-0.39, 0.29) is 9.80 Å². The van der Waals surface area contributed by atoms with Crippen molar-refractivity contribution in [3.63, 3.8) is 0 Å². The third-order valence-electron chi connectivity index (χ3n) is 3.56. The van der Waals surface area contributed by atoms with Crippen molar-refractivity contribution in [1.29, 1.82) is 0 Å². The molecule has 0 atom stereocenters. The number of hydrogen-bond acceptors (Lipinski definition) is 3. The zero-order valence-corrected chi connectivity index (χ0v) is 15.0. The summed E-state index contributed by atoms with van der Waals surface area (Å²) in [5.41, 5.74) is 0.307. The van der Waals surface area contributed by atoms with Crippen LogP contribution >= 0.6 is 11.6 Å². The highest BCUT2D eigenvalue weighted by atomic mass is 35.5. The van der Waals surface area contributed by atoms with Crippen LogP contribution in [0.2, 0.25) is 5.02 Å². The Morgan fingerprint density at radius 3 is 2.25 bits per heavy atom. The summed E-state index contributed by atoms with van der Waals surface area (Å²) in [4.78, 5) is 12.7. The predicted molar refractivity (Wildman–Crippen MR) is 97.0 cm³/mol. The van der Waals surface area contributed by atoms with Crippen LogP contribution in [0.15, 0.2) is 70.5 Å². The van der Waals surface area contributed by atoms with Crippen LogP contribution in [0.25, 0.3) is 0 Å². The Hall–Kier alpha value is -1.91. The van der Waals surface area contributed by atoms with Crippen LogP contribution in [0.4, 0.5) is 0 Å². The molecule has 2 rings (SSSR count). The first-order valence-electron chi connectivity index (χ1n) is 7.77. The molecule has 0 fully saturated rings. The maximum Gasteiger partial charge on any atom is 0.210 e. The average Bonchev–Trinajstić information content (AvgIpc) is 2.59. The molecule has 0 amide bonds. The molecule has 0 aliphatic rings. The predicted octanol–water partition coefficient (Wildman–Crippen LogP) is 5.07. The second kappa shape index (κ2) is 8.27. The Kier molecular flexibility index (Phi) is 6.35. The Bertz CT molecular complexity index is 823. The highest BCUT2D eigenvalue weighted by Crippen LogP contribution is 2.24. The fourth-order valence-corrected chi connectivity index (χ4v) is 3.83. The van der Waals surface area contributed by atoms with Crippen molar-refractivity contribution in [2.75, 3.05) is 0 Å². The van der Waals surface area contributed by atoms with Gasteiger partial charge in [-0.2, -0.15) is 0 Å². The minimum atomic E-state index is -3.86. The molecule has 0 aliphatic carbocycles. The molecule has 0 spiro atoms. The molecule has 2 aromatic rings. The Morgan fingerprint density at radius 2 is 1.67 bits per heavy atom. The van der Waals surface area contributed by atoms with E-state index >= 15 is 0 Å². The van der Waals surface area contributed by atoms with Gasteiger partial charge in [-0.1, -0.05) is 55.6 Å². The van der Waals surface area contributed by atoms with E-state index in [2.05, 4.69) is 0 Å². The van der Waals surface area contributed by atoms with Crippen molar-refractivity contribution in [2.24, 2.45) is 0 Å². The number of sulfone groups is 1. The van der Waals surface area contributed by atoms with Gasteiger partial charge in [0.1, 0.15) is 4.91 Å². The molecule has 0 unspecified atom stereocenters. The molecule has 0 aliphatic heterocycles.